The van der Waals surface area contributed by atoms with Crippen molar-refractivity contribution in [1.82, 2.24) is 10.1 Å². The Morgan fingerprint density at radius 2 is 2.19 bits per heavy atom. The minimum Gasteiger partial charge on any atom is -0.339 e. The summed E-state index contributed by atoms with van der Waals surface area (Å²) in [5, 5.41) is 3.90. The Balaban J connectivity index is 2.23. The predicted octanol–water partition coefficient (Wildman–Crippen LogP) is 3.07. The van der Waals surface area contributed by atoms with Gasteiger partial charge in [-0.2, -0.15) is 4.98 Å². The van der Waals surface area contributed by atoms with E-state index < -0.39 is 0 Å². The first-order valence-corrected chi connectivity index (χ1v) is 6.53. The summed E-state index contributed by atoms with van der Waals surface area (Å²) in [5.41, 5.74) is 6.05. The van der Waals surface area contributed by atoms with E-state index in [0.717, 1.165) is 8.66 Å². The molecule has 0 fully saturated rings. The lowest BCUT2D eigenvalue weighted by Crippen LogP contribution is -2.12. The topological polar surface area (TPSA) is 64.9 Å². The van der Waals surface area contributed by atoms with Gasteiger partial charge in [-0.05, 0) is 28.1 Å². The summed E-state index contributed by atoms with van der Waals surface area (Å²) in [6, 6.07) is 3.61. The molecule has 0 bridgehead atoms. The highest BCUT2D eigenvalue weighted by atomic mass is 79.9. The standard InChI is InChI=1S/C10H12BrN3OS/c1-5(2)10-13-9(14-15-10)8(12)6-3-4-7(11)16-6/h3-5,8H,12H2,1-2H3. The molecule has 2 heterocycles. The molecule has 2 N–H and O–H groups in total. The van der Waals surface area contributed by atoms with E-state index in [1.54, 1.807) is 11.3 Å². The maximum Gasteiger partial charge on any atom is 0.229 e. The van der Waals surface area contributed by atoms with E-state index in [0.29, 0.717) is 11.7 Å². The molecule has 0 amide bonds. The molecule has 6 heteroatoms. The van der Waals surface area contributed by atoms with Crippen LogP contribution in [0.15, 0.2) is 20.4 Å². The van der Waals surface area contributed by atoms with E-state index >= 15 is 0 Å². The summed E-state index contributed by atoms with van der Waals surface area (Å²) in [6.45, 7) is 4.01. The van der Waals surface area contributed by atoms with E-state index in [2.05, 4.69) is 26.1 Å². The number of nitrogens with two attached hydrogens (primary N) is 1. The molecular formula is C10H12BrN3OS. The van der Waals surface area contributed by atoms with Crippen LogP contribution in [0, 0.1) is 0 Å². The van der Waals surface area contributed by atoms with Crippen LogP contribution in [0.25, 0.3) is 0 Å². The number of aromatic nitrogens is 2. The van der Waals surface area contributed by atoms with Gasteiger partial charge in [0.1, 0.15) is 6.04 Å². The van der Waals surface area contributed by atoms with Crippen molar-refractivity contribution in [2.45, 2.75) is 25.8 Å². The Morgan fingerprint density at radius 1 is 1.44 bits per heavy atom. The van der Waals surface area contributed by atoms with Crippen molar-refractivity contribution in [1.29, 1.82) is 0 Å². The van der Waals surface area contributed by atoms with E-state index in [-0.39, 0.29) is 12.0 Å². The molecular weight excluding hydrogens is 290 g/mol. The van der Waals surface area contributed by atoms with Gasteiger partial charge in [0.05, 0.1) is 3.79 Å². The normalized spacial score (nSPS) is 13.3. The third-order valence-corrected chi connectivity index (χ3v) is 3.84. The lowest BCUT2D eigenvalue weighted by atomic mass is 10.2. The molecule has 2 aromatic heterocycles. The molecule has 0 aliphatic carbocycles. The molecule has 0 spiro atoms. The Kier molecular flexibility index (Phi) is 3.41. The molecule has 2 aromatic rings. The number of thiophene rings is 1. The maximum atomic E-state index is 6.05. The first-order chi connectivity index (χ1) is 7.58. The van der Waals surface area contributed by atoms with Gasteiger partial charge in [0.15, 0.2) is 5.82 Å². The van der Waals surface area contributed by atoms with Crippen molar-refractivity contribution in [3.63, 3.8) is 0 Å². The zero-order valence-corrected chi connectivity index (χ0v) is 11.4. The predicted molar refractivity (Wildman–Crippen MR) is 66.4 cm³/mol. The molecule has 0 aliphatic heterocycles. The highest BCUT2D eigenvalue weighted by Crippen LogP contribution is 2.29. The fourth-order valence-corrected chi connectivity index (χ4v) is 2.65. The van der Waals surface area contributed by atoms with E-state index in [1.807, 2.05) is 26.0 Å². The molecule has 1 unspecified atom stereocenters. The lowest BCUT2D eigenvalue weighted by molar-refractivity contribution is 0.359. The zero-order chi connectivity index (χ0) is 11.7. The monoisotopic (exact) mass is 301 g/mol. The first kappa shape index (κ1) is 11.8. The summed E-state index contributed by atoms with van der Waals surface area (Å²) in [6.07, 6.45) is 0. The second-order valence-corrected chi connectivity index (χ2v) is 6.26. The SMILES string of the molecule is CC(C)c1nc(C(N)c2ccc(Br)s2)no1. The van der Waals surface area contributed by atoms with E-state index in [9.17, 15) is 0 Å². The van der Waals surface area contributed by atoms with Gasteiger partial charge < -0.3 is 10.3 Å². The highest BCUT2D eigenvalue weighted by Gasteiger charge is 2.18. The van der Waals surface area contributed by atoms with Crippen LogP contribution in [-0.2, 0) is 0 Å². The maximum absolute atomic E-state index is 6.05. The summed E-state index contributed by atoms with van der Waals surface area (Å²) < 4.78 is 6.17. The number of halogens is 1. The average Bonchev–Trinajstić information content (AvgIpc) is 2.84. The van der Waals surface area contributed by atoms with Crippen molar-refractivity contribution >= 4 is 27.3 Å². The van der Waals surface area contributed by atoms with Crippen molar-refractivity contribution < 1.29 is 4.52 Å². The number of nitrogens with zero attached hydrogens (tertiary/aromatic N) is 2. The van der Waals surface area contributed by atoms with Crippen LogP contribution in [0.2, 0.25) is 0 Å². The Hall–Kier alpha value is -0.720. The number of hydrogen-bond donors (Lipinski definition) is 1. The van der Waals surface area contributed by atoms with Crippen LogP contribution in [0.3, 0.4) is 0 Å². The lowest BCUT2D eigenvalue weighted by Gasteiger charge is -2.02. The third kappa shape index (κ3) is 2.34. The molecule has 0 saturated heterocycles. The van der Waals surface area contributed by atoms with Crippen LogP contribution in [0.4, 0.5) is 0 Å². The Bertz CT molecular complexity index is 480. The second kappa shape index (κ2) is 4.65. The van der Waals surface area contributed by atoms with Crippen molar-refractivity contribution in [2.75, 3.05) is 0 Å². The van der Waals surface area contributed by atoms with Gasteiger partial charge in [0.25, 0.3) is 0 Å². The quantitative estimate of drug-likeness (QED) is 0.946. The van der Waals surface area contributed by atoms with Gasteiger partial charge >= 0.3 is 0 Å². The fourth-order valence-electron chi connectivity index (χ4n) is 1.23. The minimum atomic E-state index is -0.312. The van der Waals surface area contributed by atoms with Crippen molar-refractivity contribution in [3.05, 3.63) is 32.5 Å². The van der Waals surface area contributed by atoms with Gasteiger partial charge in [-0.3, -0.25) is 0 Å². The largest absolute Gasteiger partial charge is 0.339 e. The molecule has 4 nitrogen and oxygen atoms in total. The molecule has 0 aliphatic rings. The smallest absolute Gasteiger partial charge is 0.229 e. The Labute approximate surface area is 106 Å². The molecule has 0 saturated carbocycles. The van der Waals surface area contributed by atoms with Crippen LogP contribution in [-0.4, -0.2) is 10.1 Å². The van der Waals surface area contributed by atoms with Crippen LogP contribution in [0.5, 0.6) is 0 Å². The summed E-state index contributed by atoms with van der Waals surface area (Å²) >= 11 is 4.98. The van der Waals surface area contributed by atoms with E-state index in [4.69, 9.17) is 10.3 Å². The highest BCUT2D eigenvalue weighted by molar-refractivity contribution is 9.11. The van der Waals surface area contributed by atoms with Gasteiger partial charge in [-0.25, -0.2) is 0 Å². The van der Waals surface area contributed by atoms with Crippen LogP contribution < -0.4 is 5.73 Å². The first-order valence-electron chi connectivity index (χ1n) is 4.92. The van der Waals surface area contributed by atoms with Gasteiger partial charge in [-0.15, -0.1) is 11.3 Å². The summed E-state index contributed by atoms with van der Waals surface area (Å²) in [7, 11) is 0. The van der Waals surface area contributed by atoms with Gasteiger partial charge in [0, 0.05) is 10.8 Å². The zero-order valence-electron chi connectivity index (χ0n) is 8.98. The van der Waals surface area contributed by atoms with Crippen LogP contribution in [0.1, 0.15) is 42.4 Å². The second-order valence-electron chi connectivity index (χ2n) is 3.77. The molecule has 86 valence electrons. The third-order valence-electron chi connectivity index (χ3n) is 2.13. The summed E-state index contributed by atoms with van der Waals surface area (Å²) in [5.74, 6) is 1.39. The molecule has 2 rings (SSSR count). The number of rotatable bonds is 3. The van der Waals surface area contributed by atoms with Gasteiger partial charge in [-0.1, -0.05) is 19.0 Å². The van der Waals surface area contributed by atoms with Crippen molar-refractivity contribution in [3.8, 4) is 0 Å². The van der Waals surface area contributed by atoms with Gasteiger partial charge in [0.2, 0.25) is 5.89 Å². The van der Waals surface area contributed by atoms with Crippen molar-refractivity contribution in [2.24, 2.45) is 5.73 Å². The van der Waals surface area contributed by atoms with Crippen LogP contribution >= 0.6 is 27.3 Å². The van der Waals surface area contributed by atoms with E-state index in [1.165, 1.54) is 0 Å². The Morgan fingerprint density at radius 3 is 2.69 bits per heavy atom. The molecule has 16 heavy (non-hydrogen) atoms. The molecule has 0 aromatic carbocycles. The number of hydrogen-bond acceptors (Lipinski definition) is 5. The molecule has 0 radical (unpaired) electrons. The average molecular weight is 302 g/mol. The molecule has 1 atom stereocenters. The summed E-state index contributed by atoms with van der Waals surface area (Å²) in [4.78, 5) is 5.30. The fraction of sp³-hybridized carbons (Fsp3) is 0.400. The minimum absolute atomic E-state index is 0.225.